The van der Waals surface area contributed by atoms with Gasteiger partial charge in [0.1, 0.15) is 5.75 Å². The van der Waals surface area contributed by atoms with Crippen molar-refractivity contribution < 1.29 is 14.7 Å². The molecule has 1 saturated heterocycles. The number of aromatic hydroxyl groups is 1. The summed E-state index contributed by atoms with van der Waals surface area (Å²) in [5.41, 5.74) is 1.23. The van der Waals surface area contributed by atoms with Gasteiger partial charge in [-0.15, -0.1) is 0 Å². The van der Waals surface area contributed by atoms with Gasteiger partial charge in [0.25, 0.3) is 11.8 Å². The van der Waals surface area contributed by atoms with E-state index in [1.54, 1.807) is 29.2 Å². The van der Waals surface area contributed by atoms with E-state index in [-0.39, 0.29) is 23.6 Å². The molecule has 2 aromatic carbocycles. The number of nitrogens with one attached hydrogen (secondary N) is 2. The number of hydrogen-bond donors (Lipinski definition) is 3. The van der Waals surface area contributed by atoms with Crippen LogP contribution in [0, 0.1) is 0 Å². The van der Waals surface area contributed by atoms with Crippen LogP contribution in [0.3, 0.4) is 0 Å². The smallest absolute Gasteiger partial charge is 0.253 e. The van der Waals surface area contributed by atoms with Gasteiger partial charge in [-0.3, -0.25) is 9.59 Å². The van der Waals surface area contributed by atoms with Crippen molar-refractivity contribution in [3.05, 3.63) is 65.7 Å². The van der Waals surface area contributed by atoms with Gasteiger partial charge in [-0.25, -0.2) is 0 Å². The van der Waals surface area contributed by atoms with Crippen LogP contribution in [0.5, 0.6) is 5.75 Å². The van der Waals surface area contributed by atoms with E-state index in [1.165, 1.54) is 12.1 Å². The molecule has 6 nitrogen and oxygen atoms in total. The lowest BCUT2D eigenvalue weighted by molar-refractivity contribution is 0.0568. The van der Waals surface area contributed by atoms with Crippen molar-refractivity contribution in [3.63, 3.8) is 0 Å². The molecular weight excluding hydrogens is 318 g/mol. The molecule has 0 aliphatic carbocycles. The monoisotopic (exact) mass is 339 g/mol. The molecule has 0 spiro atoms. The fraction of sp³-hybridized carbons (Fsp3) is 0.263. The number of carbonyl (C=O) groups excluding carboxylic acids is 2. The first kappa shape index (κ1) is 17.0. The van der Waals surface area contributed by atoms with E-state index < -0.39 is 0 Å². The highest BCUT2D eigenvalue weighted by Gasteiger charge is 2.30. The fourth-order valence-electron chi connectivity index (χ4n) is 2.70. The molecule has 0 unspecified atom stereocenters. The number of phenols is 1. The van der Waals surface area contributed by atoms with Crippen LogP contribution < -0.4 is 10.6 Å². The number of phenolic OH excluding ortho intramolecular Hbond substituents is 1. The summed E-state index contributed by atoms with van der Waals surface area (Å²) in [4.78, 5) is 25.9. The highest BCUT2D eigenvalue weighted by atomic mass is 16.3. The maximum Gasteiger partial charge on any atom is 0.253 e. The normalized spacial score (nSPS) is 14.0. The van der Waals surface area contributed by atoms with Gasteiger partial charge in [-0.1, -0.05) is 18.2 Å². The zero-order valence-electron chi connectivity index (χ0n) is 13.8. The van der Waals surface area contributed by atoms with E-state index in [0.717, 1.165) is 0 Å². The van der Waals surface area contributed by atoms with Crippen molar-refractivity contribution in [3.8, 4) is 5.75 Å². The van der Waals surface area contributed by atoms with E-state index in [4.69, 9.17) is 0 Å². The van der Waals surface area contributed by atoms with Crippen molar-refractivity contribution in [1.82, 2.24) is 15.5 Å². The van der Waals surface area contributed by atoms with Gasteiger partial charge in [0.15, 0.2) is 0 Å². The van der Waals surface area contributed by atoms with Gasteiger partial charge in [0, 0.05) is 43.3 Å². The molecule has 6 heteroatoms. The van der Waals surface area contributed by atoms with Crippen molar-refractivity contribution in [2.45, 2.75) is 6.04 Å². The summed E-state index contributed by atoms with van der Waals surface area (Å²) >= 11 is 0. The van der Waals surface area contributed by atoms with Gasteiger partial charge in [0.2, 0.25) is 0 Å². The van der Waals surface area contributed by atoms with E-state index in [1.807, 2.05) is 18.2 Å². The summed E-state index contributed by atoms with van der Waals surface area (Å²) in [5, 5.41) is 15.4. The van der Waals surface area contributed by atoms with E-state index >= 15 is 0 Å². The van der Waals surface area contributed by atoms with Crippen molar-refractivity contribution in [2.24, 2.45) is 0 Å². The topological polar surface area (TPSA) is 81.7 Å². The molecule has 0 atom stereocenters. The van der Waals surface area contributed by atoms with E-state index in [2.05, 4.69) is 10.6 Å². The van der Waals surface area contributed by atoms with E-state index in [0.29, 0.717) is 37.3 Å². The molecule has 1 aliphatic rings. The van der Waals surface area contributed by atoms with Gasteiger partial charge in [-0.2, -0.15) is 0 Å². The standard InChI is InChI=1S/C19H21N3O3/c23-17-8-6-15(7-9-17)19(25)22-12-16(13-22)20-10-11-21-18(24)14-4-2-1-3-5-14/h1-9,16,20,23H,10-13H2,(H,21,24). The molecule has 130 valence electrons. The molecule has 0 saturated carbocycles. The van der Waals surface area contributed by atoms with Gasteiger partial charge < -0.3 is 20.6 Å². The Kier molecular flexibility index (Phi) is 5.30. The van der Waals surface area contributed by atoms with E-state index in [9.17, 15) is 14.7 Å². The van der Waals surface area contributed by atoms with Crippen LogP contribution in [0.4, 0.5) is 0 Å². The van der Waals surface area contributed by atoms with Crippen LogP contribution in [0.25, 0.3) is 0 Å². The van der Waals surface area contributed by atoms with Crippen molar-refractivity contribution in [1.29, 1.82) is 0 Å². The SMILES string of the molecule is O=C(NCCNC1CN(C(=O)c2ccc(O)cc2)C1)c1ccccc1. The van der Waals surface area contributed by atoms with Crippen LogP contribution in [0.15, 0.2) is 54.6 Å². The minimum atomic E-state index is -0.0832. The Balaban J connectivity index is 1.33. The summed E-state index contributed by atoms with van der Waals surface area (Å²) in [5.74, 6) is 0.0350. The average molecular weight is 339 g/mol. The summed E-state index contributed by atoms with van der Waals surface area (Å²) in [7, 11) is 0. The molecule has 3 rings (SSSR count). The Morgan fingerprint density at radius 1 is 0.960 bits per heavy atom. The highest BCUT2D eigenvalue weighted by molar-refractivity contribution is 5.95. The van der Waals surface area contributed by atoms with Crippen LogP contribution in [0.1, 0.15) is 20.7 Å². The highest BCUT2D eigenvalue weighted by Crippen LogP contribution is 2.16. The van der Waals surface area contributed by atoms with Gasteiger partial charge in [0.05, 0.1) is 0 Å². The lowest BCUT2D eigenvalue weighted by atomic mass is 10.1. The zero-order chi connectivity index (χ0) is 17.6. The number of benzene rings is 2. The molecule has 1 heterocycles. The predicted octanol–water partition coefficient (Wildman–Crippen LogP) is 1.24. The molecule has 1 aliphatic heterocycles. The Hall–Kier alpha value is -2.86. The number of rotatable bonds is 6. The number of nitrogens with zero attached hydrogens (tertiary/aromatic N) is 1. The minimum absolute atomic E-state index is 0.0320. The largest absolute Gasteiger partial charge is 0.508 e. The maximum absolute atomic E-state index is 12.2. The van der Waals surface area contributed by atoms with Crippen LogP contribution >= 0.6 is 0 Å². The molecular formula is C19H21N3O3. The summed E-state index contributed by atoms with van der Waals surface area (Å²) < 4.78 is 0. The number of likely N-dealkylation sites (tertiary alicyclic amines) is 1. The second kappa shape index (κ2) is 7.81. The lowest BCUT2D eigenvalue weighted by Gasteiger charge is -2.39. The lowest BCUT2D eigenvalue weighted by Crippen LogP contribution is -2.60. The molecule has 25 heavy (non-hydrogen) atoms. The Bertz CT molecular complexity index is 725. The number of amides is 2. The Morgan fingerprint density at radius 2 is 1.64 bits per heavy atom. The number of hydrogen-bond acceptors (Lipinski definition) is 4. The molecule has 3 N–H and O–H groups in total. The maximum atomic E-state index is 12.2. The van der Waals surface area contributed by atoms with Gasteiger partial charge in [-0.05, 0) is 36.4 Å². The van der Waals surface area contributed by atoms with Crippen LogP contribution in [-0.2, 0) is 0 Å². The number of carbonyl (C=O) groups is 2. The van der Waals surface area contributed by atoms with Crippen molar-refractivity contribution >= 4 is 11.8 Å². The van der Waals surface area contributed by atoms with Gasteiger partial charge >= 0.3 is 0 Å². The second-order valence-electron chi connectivity index (χ2n) is 6.03. The quantitative estimate of drug-likeness (QED) is 0.692. The van der Waals surface area contributed by atoms with Crippen LogP contribution in [-0.4, -0.2) is 54.0 Å². The van der Waals surface area contributed by atoms with Crippen LogP contribution in [0.2, 0.25) is 0 Å². The summed E-state index contributed by atoms with van der Waals surface area (Å²) in [6.45, 7) is 2.49. The first-order valence-corrected chi connectivity index (χ1v) is 8.28. The average Bonchev–Trinajstić information content (AvgIpc) is 2.60. The van der Waals surface area contributed by atoms with Crippen molar-refractivity contribution in [2.75, 3.05) is 26.2 Å². The Labute approximate surface area is 146 Å². The second-order valence-corrected chi connectivity index (χ2v) is 6.03. The zero-order valence-corrected chi connectivity index (χ0v) is 13.8. The molecule has 0 aromatic heterocycles. The fourth-order valence-corrected chi connectivity index (χ4v) is 2.70. The molecule has 1 fully saturated rings. The molecule has 2 amide bonds. The third-order valence-corrected chi connectivity index (χ3v) is 4.16. The first-order chi connectivity index (χ1) is 12.1. The third kappa shape index (κ3) is 4.36. The molecule has 0 radical (unpaired) electrons. The summed E-state index contributed by atoms with van der Waals surface area (Å²) in [6.07, 6.45) is 0. The third-order valence-electron chi connectivity index (χ3n) is 4.16. The first-order valence-electron chi connectivity index (χ1n) is 8.28. The Morgan fingerprint density at radius 3 is 2.32 bits per heavy atom. The molecule has 0 bridgehead atoms. The summed E-state index contributed by atoms with van der Waals surface area (Å²) in [6, 6.07) is 15.6. The molecule has 2 aromatic rings. The predicted molar refractivity (Wildman–Crippen MR) is 94.6 cm³/mol. The minimum Gasteiger partial charge on any atom is -0.508 e.